The van der Waals surface area contributed by atoms with Gasteiger partial charge in [-0.3, -0.25) is 0 Å². The van der Waals surface area contributed by atoms with Crippen LogP contribution in [0, 0.1) is 5.92 Å². The summed E-state index contributed by atoms with van der Waals surface area (Å²) in [5.74, 6) is 0.890. The zero-order chi connectivity index (χ0) is 13.8. The van der Waals surface area contributed by atoms with E-state index in [4.69, 9.17) is 9.47 Å². The monoisotopic (exact) mass is 263 g/mol. The van der Waals surface area contributed by atoms with Crippen molar-refractivity contribution in [2.45, 2.75) is 52.2 Å². The van der Waals surface area contributed by atoms with Crippen molar-refractivity contribution < 1.29 is 14.3 Å². The van der Waals surface area contributed by atoms with Gasteiger partial charge in [0.2, 0.25) is 5.88 Å². The van der Waals surface area contributed by atoms with Crippen molar-refractivity contribution >= 4 is 5.97 Å². The summed E-state index contributed by atoms with van der Waals surface area (Å²) in [6.45, 7) is 6.06. The lowest BCUT2D eigenvalue weighted by molar-refractivity contribution is 0.0310. The third kappa shape index (κ3) is 3.94. The highest BCUT2D eigenvalue weighted by Crippen LogP contribution is 2.27. The molecule has 19 heavy (non-hydrogen) atoms. The second-order valence-electron chi connectivity index (χ2n) is 5.50. The number of ether oxygens (including phenoxy) is 2. The quantitative estimate of drug-likeness (QED) is 0.783. The van der Waals surface area contributed by atoms with Crippen LogP contribution in [0.1, 0.15) is 50.4 Å². The Balaban J connectivity index is 1.92. The summed E-state index contributed by atoms with van der Waals surface area (Å²) >= 11 is 0. The number of carbonyl (C=O) groups is 1. The first-order chi connectivity index (χ1) is 9.04. The van der Waals surface area contributed by atoms with Gasteiger partial charge < -0.3 is 9.47 Å². The second-order valence-corrected chi connectivity index (χ2v) is 5.50. The number of rotatable bonds is 4. The van der Waals surface area contributed by atoms with Crippen LogP contribution in [0.2, 0.25) is 0 Å². The molecule has 4 heteroatoms. The summed E-state index contributed by atoms with van der Waals surface area (Å²) in [6.07, 6.45) is 4.72. The Morgan fingerprint density at radius 1 is 1.37 bits per heavy atom. The minimum Gasteiger partial charge on any atom is -0.475 e. The van der Waals surface area contributed by atoms with Crippen molar-refractivity contribution in [1.29, 1.82) is 0 Å². The van der Waals surface area contributed by atoms with Crippen molar-refractivity contribution in [3.8, 4) is 5.88 Å². The van der Waals surface area contributed by atoms with E-state index in [9.17, 15) is 4.79 Å². The fraction of sp³-hybridized carbons (Fsp3) is 0.600. The van der Waals surface area contributed by atoms with Crippen LogP contribution in [0.25, 0.3) is 0 Å². The summed E-state index contributed by atoms with van der Waals surface area (Å²) in [7, 11) is 0. The maximum Gasteiger partial charge on any atom is 0.339 e. The topological polar surface area (TPSA) is 48.4 Å². The summed E-state index contributed by atoms with van der Waals surface area (Å²) in [5, 5.41) is 0. The molecule has 0 spiro atoms. The predicted octanol–water partition coefficient (Wildman–Crippen LogP) is 3.21. The minimum atomic E-state index is -0.289. The van der Waals surface area contributed by atoms with Crippen molar-refractivity contribution in [3.05, 3.63) is 23.9 Å². The highest BCUT2D eigenvalue weighted by Gasteiger charge is 2.25. The van der Waals surface area contributed by atoms with Gasteiger partial charge in [-0.1, -0.05) is 6.92 Å². The first-order valence-electron chi connectivity index (χ1n) is 6.88. The number of carbonyl (C=O) groups excluding carboxylic acids is 1. The van der Waals surface area contributed by atoms with E-state index >= 15 is 0 Å². The van der Waals surface area contributed by atoms with Gasteiger partial charge in [0.1, 0.15) is 6.10 Å². The average Bonchev–Trinajstić information content (AvgIpc) is 2.75. The number of aromatic nitrogens is 1. The molecule has 0 bridgehead atoms. The third-order valence-electron chi connectivity index (χ3n) is 3.25. The lowest BCUT2D eigenvalue weighted by Gasteiger charge is -2.12. The van der Waals surface area contributed by atoms with Crippen molar-refractivity contribution in [2.75, 3.05) is 0 Å². The van der Waals surface area contributed by atoms with Crippen LogP contribution in [0.4, 0.5) is 0 Å². The van der Waals surface area contributed by atoms with Gasteiger partial charge in [0.25, 0.3) is 0 Å². The lowest BCUT2D eigenvalue weighted by atomic mass is 10.1. The molecule has 2 unspecified atom stereocenters. The van der Waals surface area contributed by atoms with E-state index in [0.29, 0.717) is 17.4 Å². The van der Waals surface area contributed by atoms with Crippen molar-refractivity contribution in [2.24, 2.45) is 5.92 Å². The molecule has 1 heterocycles. The summed E-state index contributed by atoms with van der Waals surface area (Å²) in [4.78, 5) is 16.0. The van der Waals surface area contributed by atoms with E-state index in [1.54, 1.807) is 12.1 Å². The van der Waals surface area contributed by atoms with Crippen LogP contribution in [0.15, 0.2) is 18.3 Å². The van der Waals surface area contributed by atoms with Gasteiger partial charge >= 0.3 is 5.97 Å². The average molecular weight is 263 g/mol. The summed E-state index contributed by atoms with van der Waals surface area (Å²) in [5.41, 5.74) is 0.482. The molecule has 1 fully saturated rings. The highest BCUT2D eigenvalue weighted by molar-refractivity contribution is 5.89. The molecule has 0 aliphatic heterocycles. The molecule has 1 aromatic rings. The van der Waals surface area contributed by atoms with Gasteiger partial charge in [-0.2, -0.15) is 0 Å². The predicted molar refractivity (Wildman–Crippen MR) is 72.2 cm³/mol. The molecule has 2 rings (SSSR count). The number of esters is 1. The molecule has 0 aromatic carbocycles. The normalized spacial score (nSPS) is 22.5. The van der Waals surface area contributed by atoms with E-state index in [2.05, 4.69) is 11.9 Å². The summed E-state index contributed by atoms with van der Waals surface area (Å²) < 4.78 is 10.9. The standard InChI is InChI=1S/C15H21NO3/c1-10(2)18-14-7-5-12(9-16-14)15(17)19-13-6-4-11(3)8-13/h5,7,9-11,13H,4,6,8H2,1-3H3. The molecule has 2 atom stereocenters. The first kappa shape index (κ1) is 13.8. The lowest BCUT2D eigenvalue weighted by Crippen LogP contribution is -2.15. The molecule has 1 aliphatic carbocycles. The molecule has 1 aromatic heterocycles. The first-order valence-corrected chi connectivity index (χ1v) is 6.88. The Labute approximate surface area is 114 Å². The van der Waals surface area contributed by atoms with Gasteiger partial charge in [0.05, 0.1) is 11.7 Å². The maximum absolute atomic E-state index is 11.9. The minimum absolute atomic E-state index is 0.0640. The fourth-order valence-electron chi connectivity index (χ4n) is 2.29. The molecule has 104 valence electrons. The molecular weight excluding hydrogens is 242 g/mol. The Morgan fingerprint density at radius 2 is 2.16 bits per heavy atom. The zero-order valence-electron chi connectivity index (χ0n) is 11.8. The van der Waals surface area contributed by atoms with Gasteiger partial charge in [-0.15, -0.1) is 0 Å². The Bertz CT molecular complexity index is 428. The van der Waals surface area contributed by atoms with Crippen LogP contribution >= 0.6 is 0 Å². The molecule has 0 saturated heterocycles. The fourth-order valence-corrected chi connectivity index (χ4v) is 2.29. The van der Waals surface area contributed by atoms with Gasteiger partial charge in [-0.25, -0.2) is 9.78 Å². The van der Waals surface area contributed by atoms with Crippen LogP contribution in [0.3, 0.4) is 0 Å². The van der Waals surface area contributed by atoms with Crippen LogP contribution in [-0.4, -0.2) is 23.2 Å². The van der Waals surface area contributed by atoms with Gasteiger partial charge in [-0.05, 0) is 45.1 Å². The Morgan fingerprint density at radius 3 is 2.68 bits per heavy atom. The number of pyridine rings is 1. The highest BCUT2D eigenvalue weighted by atomic mass is 16.5. The van der Waals surface area contributed by atoms with Crippen LogP contribution < -0.4 is 4.74 Å². The molecule has 1 saturated carbocycles. The number of nitrogens with zero attached hydrogens (tertiary/aromatic N) is 1. The smallest absolute Gasteiger partial charge is 0.339 e. The van der Waals surface area contributed by atoms with E-state index in [1.807, 2.05) is 13.8 Å². The number of hydrogen-bond acceptors (Lipinski definition) is 4. The molecule has 0 N–H and O–H groups in total. The van der Waals surface area contributed by atoms with Gasteiger partial charge in [0.15, 0.2) is 0 Å². The largest absolute Gasteiger partial charge is 0.475 e. The molecular formula is C15H21NO3. The molecule has 0 radical (unpaired) electrons. The zero-order valence-corrected chi connectivity index (χ0v) is 11.8. The second kappa shape index (κ2) is 6.04. The molecule has 1 aliphatic rings. The van der Waals surface area contributed by atoms with E-state index in [0.717, 1.165) is 19.3 Å². The summed E-state index contributed by atoms with van der Waals surface area (Å²) in [6, 6.07) is 3.40. The van der Waals surface area contributed by atoms with E-state index in [1.165, 1.54) is 6.20 Å². The Hall–Kier alpha value is -1.58. The van der Waals surface area contributed by atoms with Crippen LogP contribution in [0.5, 0.6) is 5.88 Å². The van der Waals surface area contributed by atoms with Crippen LogP contribution in [-0.2, 0) is 4.74 Å². The van der Waals surface area contributed by atoms with Gasteiger partial charge in [0, 0.05) is 12.3 Å². The maximum atomic E-state index is 11.9. The third-order valence-corrected chi connectivity index (χ3v) is 3.25. The molecule has 0 amide bonds. The SMILES string of the molecule is CC1CCC(OC(=O)c2ccc(OC(C)C)nc2)C1. The van der Waals surface area contributed by atoms with E-state index < -0.39 is 0 Å². The molecule has 4 nitrogen and oxygen atoms in total. The number of hydrogen-bond donors (Lipinski definition) is 0. The van der Waals surface area contributed by atoms with Crippen molar-refractivity contribution in [1.82, 2.24) is 4.98 Å². The van der Waals surface area contributed by atoms with Crippen molar-refractivity contribution in [3.63, 3.8) is 0 Å². The van der Waals surface area contributed by atoms with E-state index in [-0.39, 0.29) is 18.2 Å². The Kier molecular flexibility index (Phi) is 4.40.